The lowest BCUT2D eigenvalue weighted by atomic mass is 9.92. The van der Waals surface area contributed by atoms with Gasteiger partial charge >= 0.3 is 0 Å². The van der Waals surface area contributed by atoms with Crippen molar-refractivity contribution in [1.29, 1.82) is 0 Å². The number of nitrogens with two attached hydrogens (primary N) is 1. The number of nitrogens with zero attached hydrogens (tertiary/aromatic N) is 1. The summed E-state index contributed by atoms with van der Waals surface area (Å²) in [5.74, 6) is 1.56. The summed E-state index contributed by atoms with van der Waals surface area (Å²) < 4.78 is 5.64. The number of unbranched alkanes of at least 4 members (excludes halogenated alkanes) is 1. The molecule has 4 nitrogen and oxygen atoms in total. The minimum absolute atomic E-state index is 0.0856. The van der Waals surface area contributed by atoms with Gasteiger partial charge in [-0.05, 0) is 49.4 Å². The van der Waals surface area contributed by atoms with E-state index in [9.17, 15) is 4.79 Å². The molecule has 0 saturated carbocycles. The first kappa shape index (κ1) is 16.8. The monoisotopic (exact) mass is 304 g/mol. The number of likely N-dealkylation sites (tertiary alicyclic amines) is 1. The number of carbonyl (C=O) groups excluding carboxylic acids is 1. The van der Waals surface area contributed by atoms with E-state index in [1.807, 2.05) is 29.2 Å². The average molecular weight is 304 g/mol. The van der Waals surface area contributed by atoms with Crippen LogP contribution in [0.1, 0.15) is 49.9 Å². The first-order valence-electron chi connectivity index (χ1n) is 8.39. The van der Waals surface area contributed by atoms with E-state index in [1.54, 1.807) is 0 Å². The molecule has 2 unspecified atom stereocenters. The predicted octanol–water partition coefficient (Wildman–Crippen LogP) is 3.06. The molecule has 0 spiro atoms. The summed E-state index contributed by atoms with van der Waals surface area (Å²) in [7, 11) is 0. The Hall–Kier alpha value is -1.55. The highest BCUT2D eigenvalue weighted by atomic mass is 16.5. The Morgan fingerprint density at radius 2 is 2.09 bits per heavy atom. The summed E-state index contributed by atoms with van der Waals surface area (Å²) in [5, 5.41) is 0. The molecule has 0 radical (unpaired) electrons. The van der Waals surface area contributed by atoms with Crippen molar-refractivity contribution < 1.29 is 9.53 Å². The van der Waals surface area contributed by atoms with Crippen molar-refractivity contribution in [3.63, 3.8) is 0 Å². The van der Waals surface area contributed by atoms with Crippen LogP contribution in [0.5, 0.6) is 5.75 Å². The zero-order valence-corrected chi connectivity index (χ0v) is 13.8. The van der Waals surface area contributed by atoms with Gasteiger partial charge in [-0.2, -0.15) is 0 Å². The number of benzene rings is 1. The number of amides is 1. The fourth-order valence-corrected chi connectivity index (χ4v) is 2.94. The van der Waals surface area contributed by atoms with Gasteiger partial charge in [0.15, 0.2) is 0 Å². The normalized spacial score (nSPS) is 21.7. The fourth-order valence-electron chi connectivity index (χ4n) is 2.94. The molecule has 1 heterocycles. The molecule has 2 rings (SSSR count). The maximum absolute atomic E-state index is 12.7. The Kier molecular flexibility index (Phi) is 6.25. The molecule has 4 heteroatoms. The second kappa shape index (κ2) is 8.18. The van der Waals surface area contributed by atoms with E-state index >= 15 is 0 Å². The molecular weight excluding hydrogens is 276 g/mol. The van der Waals surface area contributed by atoms with Crippen molar-refractivity contribution >= 4 is 5.91 Å². The third kappa shape index (κ3) is 4.23. The first-order valence-corrected chi connectivity index (χ1v) is 8.39. The van der Waals surface area contributed by atoms with Crippen LogP contribution in [0.4, 0.5) is 0 Å². The zero-order chi connectivity index (χ0) is 15.9. The van der Waals surface area contributed by atoms with E-state index in [2.05, 4.69) is 13.8 Å². The molecule has 0 aliphatic carbocycles. The summed E-state index contributed by atoms with van der Waals surface area (Å²) in [6.45, 7) is 6.43. The Labute approximate surface area is 133 Å². The van der Waals surface area contributed by atoms with Crippen molar-refractivity contribution in [2.24, 2.45) is 11.7 Å². The largest absolute Gasteiger partial charge is 0.494 e. The third-order valence-electron chi connectivity index (χ3n) is 4.38. The van der Waals surface area contributed by atoms with Crippen LogP contribution in [0.25, 0.3) is 0 Å². The predicted molar refractivity (Wildman–Crippen MR) is 89.1 cm³/mol. The molecule has 0 aromatic heterocycles. The number of piperidine rings is 1. The molecule has 2 N–H and O–H groups in total. The lowest BCUT2D eigenvalue weighted by Gasteiger charge is -2.38. The van der Waals surface area contributed by atoms with Gasteiger partial charge in [0.25, 0.3) is 5.91 Å². The lowest BCUT2D eigenvalue weighted by molar-refractivity contribution is 0.0573. The maximum Gasteiger partial charge on any atom is 0.254 e. The van der Waals surface area contributed by atoms with Crippen LogP contribution in [0, 0.1) is 5.92 Å². The van der Waals surface area contributed by atoms with Crippen LogP contribution in [0.3, 0.4) is 0 Å². The quantitative estimate of drug-likeness (QED) is 0.822. The van der Waals surface area contributed by atoms with Crippen LogP contribution >= 0.6 is 0 Å². The van der Waals surface area contributed by atoms with Crippen molar-refractivity contribution in [1.82, 2.24) is 4.90 Å². The SMILES string of the molecule is CCCCOc1ccc(C(=O)N2CCC(C)CC2CN)cc1. The van der Waals surface area contributed by atoms with Crippen molar-refractivity contribution in [3.8, 4) is 5.75 Å². The third-order valence-corrected chi connectivity index (χ3v) is 4.38. The van der Waals surface area contributed by atoms with Crippen LogP contribution in [-0.4, -0.2) is 36.5 Å². The molecule has 1 saturated heterocycles. The molecule has 1 amide bonds. The molecular formula is C18H28N2O2. The van der Waals surface area contributed by atoms with Crippen LogP contribution in [0.2, 0.25) is 0 Å². The number of ether oxygens (including phenoxy) is 1. The first-order chi connectivity index (χ1) is 10.7. The van der Waals surface area contributed by atoms with Crippen LogP contribution in [0.15, 0.2) is 24.3 Å². The second-order valence-corrected chi connectivity index (χ2v) is 6.24. The smallest absolute Gasteiger partial charge is 0.254 e. The van der Waals surface area contributed by atoms with E-state index < -0.39 is 0 Å². The van der Waals surface area contributed by atoms with Gasteiger partial charge in [-0.15, -0.1) is 0 Å². The highest BCUT2D eigenvalue weighted by molar-refractivity contribution is 5.94. The molecule has 1 aromatic rings. The molecule has 1 aliphatic heterocycles. The average Bonchev–Trinajstić information content (AvgIpc) is 2.55. The fraction of sp³-hybridized carbons (Fsp3) is 0.611. The highest BCUT2D eigenvalue weighted by Crippen LogP contribution is 2.24. The molecule has 1 aliphatic rings. The lowest BCUT2D eigenvalue weighted by Crippen LogP contribution is -2.49. The van der Waals surface area contributed by atoms with E-state index in [0.717, 1.165) is 50.1 Å². The standard InChI is InChI=1S/C18H28N2O2/c1-3-4-11-22-17-7-5-15(6-8-17)18(21)20-10-9-14(2)12-16(20)13-19/h5-8,14,16H,3-4,9-13,19H2,1-2H3. The molecule has 1 fully saturated rings. The Morgan fingerprint density at radius 1 is 1.36 bits per heavy atom. The summed E-state index contributed by atoms with van der Waals surface area (Å²) in [6.07, 6.45) is 4.22. The van der Waals surface area contributed by atoms with Crippen molar-refractivity contribution in [3.05, 3.63) is 29.8 Å². The topological polar surface area (TPSA) is 55.6 Å². The van der Waals surface area contributed by atoms with Crippen molar-refractivity contribution in [2.45, 2.75) is 45.6 Å². The van der Waals surface area contributed by atoms with Gasteiger partial charge in [0, 0.05) is 24.7 Å². The minimum Gasteiger partial charge on any atom is -0.494 e. The number of rotatable bonds is 6. The van der Waals surface area contributed by atoms with Gasteiger partial charge in [-0.3, -0.25) is 4.79 Å². The van der Waals surface area contributed by atoms with Crippen LogP contribution < -0.4 is 10.5 Å². The van der Waals surface area contributed by atoms with Gasteiger partial charge in [-0.1, -0.05) is 20.3 Å². The summed E-state index contributed by atoms with van der Waals surface area (Å²) in [6, 6.07) is 7.64. The van der Waals surface area contributed by atoms with E-state index in [-0.39, 0.29) is 11.9 Å². The number of carbonyl (C=O) groups is 1. The van der Waals surface area contributed by atoms with Crippen LogP contribution in [-0.2, 0) is 0 Å². The molecule has 2 atom stereocenters. The van der Waals surface area contributed by atoms with Gasteiger partial charge < -0.3 is 15.4 Å². The Morgan fingerprint density at radius 3 is 2.73 bits per heavy atom. The Balaban J connectivity index is 1.99. The number of hydrogen-bond donors (Lipinski definition) is 1. The minimum atomic E-state index is 0.0856. The zero-order valence-electron chi connectivity index (χ0n) is 13.8. The highest BCUT2D eigenvalue weighted by Gasteiger charge is 2.29. The van der Waals surface area contributed by atoms with Gasteiger partial charge in [0.05, 0.1) is 6.61 Å². The summed E-state index contributed by atoms with van der Waals surface area (Å²) in [5.41, 5.74) is 6.57. The molecule has 1 aromatic carbocycles. The van der Waals surface area contributed by atoms with Gasteiger partial charge in [0.2, 0.25) is 0 Å². The van der Waals surface area contributed by atoms with Gasteiger partial charge in [0.1, 0.15) is 5.75 Å². The summed E-state index contributed by atoms with van der Waals surface area (Å²) in [4.78, 5) is 14.6. The van der Waals surface area contributed by atoms with Crippen molar-refractivity contribution in [2.75, 3.05) is 19.7 Å². The van der Waals surface area contributed by atoms with E-state index in [0.29, 0.717) is 12.5 Å². The second-order valence-electron chi connectivity index (χ2n) is 6.24. The summed E-state index contributed by atoms with van der Waals surface area (Å²) >= 11 is 0. The van der Waals surface area contributed by atoms with E-state index in [1.165, 1.54) is 0 Å². The molecule has 0 bridgehead atoms. The molecule has 122 valence electrons. The maximum atomic E-state index is 12.7. The Bertz CT molecular complexity index is 472. The van der Waals surface area contributed by atoms with Gasteiger partial charge in [-0.25, -0.2) is 0 Å². The van der Waals surface area contributed by atoms with E-state index in [4.69, 9.17) is 10.5 Å². The molecule has 22 heavy (non-hydrogen) atoms. The number of hydrogen-bond acceptors (Lipinski definition) is 3.